The quantitative estimate of drug-likeness (QED) is 0.808. The van der Waals surface area contributed by atoms with Gasteiger partial charge in [-0.15, -0.1) is 0 Å². The van der Waals surface area contributed by atoms with E-state index in [-0.39, 0.29) is 6.42 Å². The fourth-order valence-corrected chi connectivity index (χ4v) is 1.48. The van der Waals surface area contributed by atoms with Crippen molar-refractivity contribution >= 4 is 11.9 Å². The smallest absolute Gasteiger partial charge is 0.326 e. The van der Waals surface area contributed by atoms with Crippen LogP contribution in [0, 0.1) is 17.5 Å². The van der Waals surface area contributed by atoms with Gasteiger partial charge in [0.15, 0.2) is 17.5 Å². The van der Waals surface area contributed by atoms with Crippen molar-refractivity contribution in [2.24, 2.45) is 0 Å². The highest BCUT2D eigenvalue weighted by atomic mass is 19.2. The van der Waals surface area contributed by atoms with Crippen LogP contribution in [-0.4, -0.2) is 23.0 Å². The summed E-state index contributed by atoms with van der Waals surface area (Å²) in [6.45, 7) is 1.71. The van der Waals surface area contributed by atoms with E-state index in [1.54, 1.807) is 6.92 Å². The van der Waals surface area contributed by atoms with Crippen molar-refractivity contribution in [2.45, 2.75) is 25.8 Å². The van der Waals surface area contributed by atoms with Gasteiger partial charge in [-0.1, -0.05) is 13.3 Å². The molecule has 0 radical (unpaired) electrons. The first kappa shape index (κ1) is 15.0. The Hall–Kier alpha value is -2.05. The van der Waals surface area contributed by atoms with Crippen LogP contribution in [0.15, 0.2) is 12.1 Å². The summed E-state index contributed by atoms with van der Waals surface area (Å²) >= 11 is 0. The standard InChI is InChI=1S/C12H12F3NO3/c1-2-3-8(12(18)19)16-11(17)6-4-5-7(13)10(15)9(6)14/h4-5,8H,2-3H2,1H3,(H,16,17)(H,18,19)/t8-/m1/s1. The Morgan fingerprint density at radius 3 is 2.42 bits per heavy atom. The molecule has 2 N–H and O–H groups in total. The van der Waals surface area contributed by atoms with Crippen LogP contribution in [0.3, 0.4) is 0 Å². The average Bonchev–Trinajstić information content (AvgIpc) is 2.35. The number of carbonyl (C=O) groups is 2. The molecule has 0 heterocycles. The van der Waals surface area contributed by atoms with Gasteiger partial charge in [0, 0.05) is 0 Å². The van der Waals surface area contributed by atoms with E-state index >= 15 is 0 Å². The van der Waals surface area contributed by atoms with Gasteiger partial charge in [0.2, 0.25) is 0 Å². The van der Waals surface area contributed by atoms with Gasteiger partial charge in [0.1, 0.15) is 6.04 Å². The lowest BCUT2D eigenvalue weighted by atomic mass is 10.1. The Labute approximate surface area is 107 Å². The fraction of sp³-hybridized carbons (Fsp3) is 0.333. The number of carbonyl (C=O) groups excluding carboxylic acids is 1. The summed E-state index contributed by atoms with van der Waals surface area (Å²) < 4.78 is 39.0. The van der Waals surface area contributed by atoms with Gasteiger partial charge in [0.25, 0.3) is 5.91 Å². The Bertz CT molecular complexity index is 505. The van der Waals surface area contributed by atoms with Gasteiger partial charge in [-0.3, -0.25) is 4.79 Å². The molecule has 0 aliphatic heterocycles. The summed E-state index contributed by atoms with van der Waals surface area (Å²) in [5.41, 5.74) is -0.735. The third-order valence-electron chi connectivity index (χ3n) is 2.46. The minimum atomic E-state index is -1.77. The van der Waals surface area contributed by atoms with Crippen LogP contribution >= 0.6 is 0 Å². The SMILES string of the molecule is CCC[C@@H](NC(=O)c1ccc(F)c(F)c1F)C(=O)O. The van der Waals surface area contributed by atoms with Crippen LogP contribution in [-0.2, 0) is 4.79 Å². The van der Waals surface area contributed by atoms with Gasteiger partial charge in [-0.25, -0.2) is 18.0 Å². The van der Waals surface area contributed by atoms with Crippen molar-refractivity contribution in [1.82, 2.24) is 5.32 Å². The molecule has 0 fully saturated rings. The molecular weight excluding hydrogens is 263 g/mol. The molecule has 1 amide bonds. The highest BCUT2D eigenvalue weighted by Gasteiger charge is 2.23. The second-order valence-corrected chi connectivity index (χ2v) is 3.88. The Morgan fingerprint density at radius 1 is 1.26 bits per heavy atom. The Morgan fingerprint density at radius 2 is 1.89 bits per heavy atom. The van der Waals surface area contributed by atoms with Crippen LogP contribution in [0.1, 0.15) is 30.1 Å². The number of aliphatic carboxylic acids is 1. The molecule has 0 bridgehead atoms. The number of amides is 1. The van der Waals surface area contributed by atoms with E-state index in [0.29, 0.717) is 12.5 Å². The monoisotopic (exact) mass is 275 g/mol. The second kappa shape index (κ2) is 6.21. The maximum atomic E-state index is 13.3. The van der Waals surface area contributed by atoms with E-state index in [0.717, 1.165) is 6.07 Å². The zero-order chi connectivity index (χ0) is 14.6. The zero-order valence-corrected chi connectivity index (χ0v) is 10.0. The molecule has 0 aliphatic rings. The maximum absolute atomic E-state index is 13.3. The molecule has 7 heteroatoms. The lowest BCUT2D eigenvalue weighted by Gasteiger charge is -2.13. The lowest BCUT2D eigenvalue weighted by Crippen LogP contribution is -2.41. The molecule has 4 nitrogen and oxygen atoms in total. The molecule has 0 saturated heterocycles. The Kier molecular flexibility index (Phi) is 4.91. The van der Waals surface area contributed by atoms with Crippen molar-refractivity contribution in [2.75, 3.05) is 0 Å². The number of carboxylic acid groups (broad SMARTS) is 1. The van der Waals surface area contributed by atoms with Crippen LogP contribution in [0.25, 0.3) is 0 Å². The van der Waals surface area contributed by atoms with Gasteiger partial charge >= 0.3 is 5.97 Å². The molecule has 1 rings (SSSR count). The third-order valence-corrected chi connectivity index (χ3v) is 2.46. The number of benzene rings is 1. The van der Waals surface area contributed by atoms with Gasteiger partial charge in [-0.05, 0) is 18.6 Å². The van der Waals surface area contributed by atoms with E-state index in [1.807, 2.05) is 0 Å². The molecule has 1 aromatic carbocycles. The average molecular weight is 275 g/mol. The number of rotatable bonds is 5. The largest absolute Gasteiger partial charge is 0.480 e. The lowest BCUT2D eigenvalue weighted by molar-refractivity contribution is -0.139. The highest BCUT2D eigenvalue weighted by Crippen LogP contribution is 2.15. The zero-order valence-electron chi connectivity index (χ0n) is 10.0. The van der Waals surface area contributed by atoms with Crippen molar-refractivity contribution < 1.29 is 27.9 Å². The third kappa shape index (κ3) is 3.46. The number of hydrogen-bond donors (Lipinski definition) is 2. The van der Waals surface area contributed by atoms with Crippen LogP contribution < -0.4 is 5.32 Å². The summed E-state index contributed by atoms with van der Waals surface area (Å²) in [6, 6.07) is 0.154. The predicted molar refractivity (Wildman–Crippen MR) is 60.1 cm³/mol. The molecule has 19 heavy (non-hydrogen) atoms. The van der Waals surface area contributed by atoms with Gasteiger partial charge < -0.3 is 10.4 Å². The summed E-state index contributed by atoms with van der Waals surface area (Å²) in [7, 11) is 0. The molecule has 1 atom stereocenters. The normalized spacial score (nSPS) is 12.0. The minimum absolute atomic E-state index is 0.145. The van der Waals surface area contributed by atoms with Crippen molar-refractivity contribution in [3.05, 3.63) is 35.1 Å². The first-order valence-corrected chi connectivity index (χ1v) is 5.55. The van der Waals surface area contributed by atoms with E-state index < -0.39 is 40.9 Å². The molecule has 104 valence electrons. The summed E-state index contributed by atoms with van der Waals surface area (Å²) in [5.74, 6) is -7.21. The summed E-state index contributed by atoms with van der Waals surface area (Å²) in [5, 5.41) is 10.9. The van der Waals surface area contributed by atoms with E-state index in [9.17, 15) is 22.8 Å². The van der Waals surface area contributed by atoms with Crippen molar-refractivity contribution in [3.8, 4) is 0 Å². The number of carboxylic acids is 1. The van der Waals surface area contributed by atoms with E-state index in [2.05, 4.69) is 5.32 Å². The molecule has 0 unspecified atom stereocenters. The fourth-order valence-electron chi connectivity index (χ4n) is 1.48. The molecule has 0 spiro atoms. The molecule has 0 saturated carbocycles. The molecule has 0 aromatic heterocycles. The maximum Gasteiger partial charge on any atom is 0.326 e. The second-order valence-electron chi connectivity index (χ2n) is 3.88. The Balaban J connectivity index is 2.95. The first-order valence-electron chi connectivity index (χ1n) is 5.55. The number of nitrogens with one attached hydrogen (secondary N) is 1. The molecule has 1 aromatic rings. The molecule has 0 aliphatic carbocycles. The topological polar surface area (TPSA) is 66.4 Å². The van der Waals surface area contributed by atoms with E-state index in [1.165, 1.54) is 0 Å². The highest BCUT2D eigenvalue weighted by molar-refractivity contribution is 5.96. The van der Waals surface area contributed by atoms with Crippen LogP contribution in [0.5, 0.6) is 0 Å². The van der Waals surface area contributed by atoms with Crippen molar-refractivity contribution in [1.29, 1.82) is 0 Å². The molecular formula is C12H12F3NO3. The minimum Gasteiger partial charge on any atom is -0.480 e. The van der Waals surface area contributed by atoms with Gasteiger partial charge in [-0.2, -0.15) is 0 Å². The number of hydrogen-bond acceptors (Lipinski definition) is 2. The van der Waals surface area contributed by atoms with Crippen molar-refractivity contribution in [3.63, 3.8) is 0 Å². The first-order chi connectivity index (χ1) is 8.88. The van der Waals surface area contributed by atoms with E-state index in [4.69, 9.17) is 5.11 Å². The predicted octanol–water partition coefficient (Wildman–Crippen LogP) is 2.09. The van der Waals surface area contributed by atoms with Crippen LogP contribution in [0.4, 0.5) is 13.2 Å². The summed E-state index contributed by atoms with van der Waals surface area (Å²) in [4.78, 5) is 22.4. The van der Waals surface area contributed by atoms with Gasteiger partial charge in [0.05, 0.1) is 5.56 Å². The summed E-state index contributed by atoms with van der Waals surface area (Å²) in [6.07, 6.45) is 0.629. The number of halogens is 3. The van der Waals surface area contributed by atoms with Crippen LogP contribution in [0.2, 0.25) is 0 Å².